The van der Waals surface area contributed by atoms with E-state index in [1.807, 2.05) is 13.8 Å². The second-order valence-electron chi connectivity index (χ2n) is 8.85. The van der Waals surface area contributed by atoms with Gasteiger partial charge in [-0.15, -0.1) is 16.1 Å². The minimum atomic E-state index is -0.889. The lowest BCUT2D eigenvalue weighted by molar-refractivity contribution is 0.186. The van der Waals surface area contributed by atoms with Crippen LogP contribution in [0.3, 0.4) is 0 Å². The van der Waals surface area contributed by atoms with E-state index in [4.69, 9.17) is 0 Å². The number of nitrogens with zero attached hydrogens (tertiary/aromatic N) is 3. The minimum Gasteiger partial charge on any atom is -0.385 e. The number of aromatic amines is 1. The van der Waals surface area contributed by atoms with Gasteiger partial charge in [-0.2, -0.15) is 0 Å². The zero-order valence-electron chi connectivity index (χ0n) is 18.9. The van der Waals surface area contributed by atoms with Crippen LogP contribution in [0.15, 0.2) is 24.4 Å². The van der Waals surface area contributed by atoms with Crippen molar-refractivity contribution >= 4 is 16.6 Å². The van der Waals surface area contributed by atoms with Gasteiger partial charge in [0.25, 0.3) is 0 Å². The number of benzene rings is 2. The van der Waals surface area contributed by atoms with Crippen molar-refractivity contribution < 1.29 is 13.9 Å². The topological polar surface area (TPSA) is 78.8 Å². The molecule has 3 N–H and O–H groups in total. The molecule has 2 aromatic heterocycles. The van der Waals surface area contributed by atoms with E-state index in [0.717, 1.165) is 0 Å². The summed E-state index contributed by atoms with van der Waals surface area (Å²) in [6.07, 6.45) is 0.809. The van der Waals surface area contributed by atoms with Crippen molar-refractivity contribution in [3.63, 3.8) is 0 Å². The van der Waals surface area contributed by atoms with E-state index in [1.165, 1.54) is 18.2 Å². The van der Waals surface area contributed by atoms with Crippen LogP contribution in [0.4, 0.5) is 14.5 Å². The first kappa shape index (κ1) is 21.2. The summed E-state index contributed by atoms with van der Waals surface area (Å²) in [5, 5.41) is 22.8. The van der Waals surface area contributed by atoms with Gasteiger partial charge in [0.05, 0.1) is 22.4 Å². The average Bonchev–Trinajstić information content (AvgIpc) is 3.33. The molecule has 0 aliphatic carbocycles. The van der Waals surface area contributed by atoms with Crippen LogP contribution < -0.4 is 5.32 Å². The molecule has 1 atom stereocenters. The Kier molecular flexibility index (Phi) is 4.59. The third kappa shape index (κ3) is 3.04. The monoisotopic (exact) mass is 447 g/mol. The SMILES string of the molecule is CC#Cc1c[nH]c2c(-c3c(F)cc4c(c3C)-n3c(C(C)O)nnc3C(C)(C)N4)cc(F)cc12. The van der Waals surface area contributed by atoms with E-state index < -0.39 is 23.3 Å². The predicted molar refractivity (Wildman–Crippen MR) is 123 cm³/mol. The zero-order valence-corrected chi connectivity index (χ0v) is 18.9. The van der Waals surface area contributed by atoms with Crippen molar-refractivity contribution in [2.45, 2.75) is 46.3 Å². The van der Waals surface area contributed by atoms with Crippen LogP contribution in [0, 0.1) is 30.4 Å². The summed E-state index contributed by atoms with van der Waals surface area (Å²) in [4.78, 5) is 3.14. The molecule has 8 heteroatoms. The standard InChI is InChI=1S/C25H23F2N5O/c1-6-7-14-11-28-21-16(14)8-15(26)9-17(21)20-12(2)22-19(10-18(20)27)29-25(4,5)24-31-30-23(13(3)33)32(22)24/h8-11,13,28-29,33H,1-5H3. The second-order valence-corrected chi connectivity index (χ2v) is 8.85. The van der Waals surface area contributed by atoms with E-state index in [0.29, 0.717) is 50.6 Å². The maximum Gasteiger partial charge on any atom is 0.166 e. The summed E-state index contributed by atoms with van der Waals surface area (Å²) in [6.45, 7) is 8.91. The number of aromatic nitrogens is 4. The average molecular weight is 447 g/mol. The smallest absolute Gasteiger partial charge is 0.166 e. The van der Waals surface area contributed by atoms with Crippen molar-refractivity contribution in [3.8, 4) is 28.7 Å². The number of H-pyrrole nitrogens is 1. The van der Waals surface area contributed by atoms with Gasteiger partial charge in [-0.1, -0.05) is 5.92 Å². The third-order valence-corrected chi connectivity index (χ3v) is 6.07. The summed E-state index contributed by atoms with van der Waals surface area (Å²) in [7, 11) is 0. The van der Waals surface area contributed by atoms with Crippen LogP contribution in [0.25, 0.3) is 27.7 Å². The van der Waals surface area contributed by atoms with Gasteiger partial charge in [0.15, 0.2) is 11.6 Å². The van der Waals surface area contributed by atoms with Gasteiger partial charge in [-0.25, -0.2) is 8.78 Å². The molecular weight excluding hydrogens is 424 g/mol. The van der Waals surface area contributed by atoms with E-state index >= 15 is 4.39 Å². The van der Waals surface area contributed by atoms with Crippen LogP contribution >= 0.6 is 0 Å². The summed E-state index contributed by atoms with van der Waals surface area (Å²) < 4.78 is 32.1. The minimum absolute atomic E-state index is 0.258. The van der Waals surface area contributed by atoms with Gasteiger partial charge >= 0.3 is 0 Å². The van der Waals surface area contributed by atoms with Crippen molar-refractivity contribution in [2.75, 3.05) is 5.32 Å². The first-order chi connectivity index (χ1) is 15.6. The van der Waals surface area contributed by atoms with Crippen LogP contribution in [-0.2, 0) is 5.54 Å². The van der Waals surface area contributed by atoms with E-state index in [1.54, 1.807) is 31.5 Å². The molecule has 0 fully saturated rings. The van der Waals surface area contributed by atoms with E-state index in [9.17, 15) is 9.50 Å². The molecule has 6 nitrogen and oxygen atoms in total. The highest BCUT2D eigenvalue weighted by atomic mass is 19.1. The molecule has 5 rings (SSSR count). The summed E-state index contributed by atoms with van der Waals surface area (Å²) >= 11 is 0. The van der Waals surface area contributed by atoms with Crippen molar-refractivity contribution in [2.24, 2.45) is 0 Å². The summed E-state index contributed by atoms with van der Waals surface area (Å²) in [5.74, 6) is 5.75. The van der Waals surface area contributed by atoms with Crippen LogP contribution in [0.5, 0.6) is 0 Å². The zero-order chi connectivity index (χ0) is 23.7. The predicted octanol–water partition coefficient (Wildman–Crippen LogP) is 5.09. The lowest BCUT2D eigenvalue weighted by Crippen LogP contribution is -2.36. The Morgan fingerprint density at radius 3 is 2.64 bits per heavy atom. The molecule has 4 aromatic rings. The maximum absolute atomic E-state index is 15.7. The van der Waals surface area contributed by atoms with Gasteiger partial charge in [-0.3, -0.25) is 4.57 Å². The van der Waals surface area contributed by atoms with E-state index in [-0.39, 0.29) is 5.56 Å². The van der Waals surface area contributed by atoms with Gasteiger partial charge in [0.1, 0.15) is 17.7 Å². The number of hydrogen-bond donors (Lipinski definition) is 3. The molecule has 0 amide bonds. The molecule has 2 aromatic carbocycles. The molecule has 168 valence electrons. The number of fused-ring (bicyclic) bond motifs is 4. The highest BCUT2D eigenvalue weighted by molar-refractivity contribution is 5.99. The number of hydrogen-bond acceptors (Lipinski definition) is 4. The lowest BCUT2D eigenvalue weighted by atomic mass is 9.92. The Bertz CT molecular complexity index is 1500. The molecule has 3 heterocycles. The summed E-state index contributed by atoms with van der Waals surface area (Å²) in [6, 6.07) is 4.12. The fourth-order valence-electron chi connectivity index (χ4n) is 4.70. The molecule has 0 saturated carbocycles. The number of anilines is 1. The number of aliphatic hydroxyl groups is 1. The summed E-state index contributed by atoms with van der Waals surface area (Å²) in [5.41, 5.74) is 2.99. The van der Waals surface area contributed by atoms with Crippen LogP contribution in [0.1, 0.15) is 56.6 Å². The lowest BCUT2D eigenvalue weighted by Gasteiger charge is -2.35. The van der Waals surface area contributed by atoms with E-state index in [2.05, 4.69) is 32.3 Å². The van der Waals surface area contributed by atoms with Gasteiger partial charge in [-0.05, 0) is 58.4 Å². The second kappa shape index (κ2) is 7.15. The molecular formula is C25H23F2N5O. The number of aliphatic hydroxyl groups excluding tert-OH is 1. The van der Waals surface area contributed by atoms with Gasteiger partial charge < -0.3 is 15.4 Å². The highest BCUT2D eigenvalue weighted by Crippen LogP contribution is 2.44. The number of rotatable bonds is 2. The Labute approximate surface area is 189 Å². The first-order valence-electron chi connectivity index (χ1n) is 10.6. The fraction of sp³-hybridized carbons (Fsp3) is 0.280. The molecule has 0 radical (unpaired) electrons. The fourth-order valence-corrected chi connectivity index (χ4v) is 4.70. The van der Waals surface area contributed by atoms with Gasteiger partial charge in [0.2, 0.25) is 0 Å². The molecule has 1 unspecified atom stereocenters. The maximum atomic E-state index is 15.7. The van der Waals surface area contributed by atoms with Gasteiger partial charge in [0, 0.05) is 28.3 Å². The van der Waals surface area contributed by atoms with Crippen LogP contribution in [-0.4, -0.2) is 24.9 Å². The van der Waals surface area contributed by atoms with Crippen molar-refractivity contribution in [1.29, 1.82) is 0 Å². The Morgan fingerprint density at radius 1 is 1.18 bits per heavy atom. The normalized spacial score (nSPS) is 14.8. The molecule has 1 aliphatic heterocycles. The number of nitrogens with one attached hydrogen (secondary N) is 2. The molecule has 0 saturated heterocycles. The third-order valence-electron chi connectivity index (χ3n) is 6.07. The Morgan fingerprint density at radius 2 is 1.94 bits per heavy atom. The Balaban J connectivity index is 1.86. The highest BCUT2D eigenvalue weighted by Gasteiger charge is 2.37. The quantitative estimate of drug-likeness (QED) is 0.374. The first-order valence-corrected chi connectivity index (χ1v) is 10.6. The Hall–Kier alpha value is -3.70. The van der Waals surface area contributed by atoms with Crippen molar-refractivity contribution in [3.05, 3.63) is 58.8 Å². The molecule has 0 bridgehead atoms. The van der Waals surface area contributed by atoms with Crippen LogP contribution in [0.2, 0.25) is 0 Å². The number of halogens is 2. The molecule has 1 aliphatic rings. The largest absolute Gasteiger partial charge is 0.385 e. The molecule has 33 heavy (non-hydrogen) atoms. The molecule has 0 spiro atoms. The van der Waals surface area contributed by atoms with Crippen molar-refractivity contribution in [1.82, 2.24) is 19.7 Å².